The van der Waals surface area contributed by atoms with E-state index >= 15 is 0 Å². The fourth-order valence-corrected chi connectivity index (χ4v) is 1.44. The molecule has 0 radical (unpaired) electrons. The molecule has 0 saturated carbocycles. The number of ether oxygens (including phenoxy) is 1. The van der Waals surface area contributed by atoms with E-state index in [1.807, 2.05) is 0 Å². The highest BCUT2D eigenvalue weighted by Crippen LogP contribution is 2.28. The van der Waals surface area contributed by atoms with E-state index < -0.39 is 6.36 Å². The summed E-state index contributed by atoms with van der Waals surface area (Å²) in [6.07, 6.45) is -1.65. The molecule has 0 bridgehead atoms. The van der Waals surface area contributed by atoms with E-state index in [0.717, 1.165) is 0 Å². The average molecular weight is 257 g/mol. The molecule has 1 aromatic heterocycles. The minimum absolute atomic E-state index is 0.219. The summed E-state index contributed by atoms with van der Waals surface area (Å²) in [4.78, 5) is 0. The summed E-state index contributed by atoms with van der Waals surface area (Å²) in [7, 11) is 1.69. The van der Waals surface area contributed by atoms with E-state index in [1.165, 1.54) is 29.1 Å². The third kappa shape index (κ3) is 2.73. The van der Waals surface area contributed by atoms with E-state index in [4.69, 9.17) is 0 Å². The Morgan fingerprint density at radius 1 is 1.28 bits per heavy atom. The van der Waals surface area contributed by atoms with Gasteiger partial charge in [-0.1, -0.05) is 12.1 Å². The van der Waals surface area contributed by atoms with Crippen LogP contribution in [0.2, 0.25) is 0 Å². The molecular weight excluding hydrogens is 247 g/mol. The van der Waals surface area contributed by atoms with E-state index in [0.29, 0.717) is 5.69 Å². The molecule has 0 aliphatic carbocycles. The van der Waals surface area contributed by atoms with Gasteiger partial charge in [0.15, 0.2) is 5.75 Å². The van der Waals surface area contributed by atoms with Crippen molar-refractivity contribution in [2.45, 2.75) is 6.36 Å². The quantitative estimate of drug-likeness (QED) is 0.918. The molecule has 1 N–H and O–H groups in total. The molecule has 0 saturated heterocycles. The van der Waals surface area contributed by atoms with E-state index in [9.17, 15) is 13.2 Å². The van der Waals surface area contributed by atoms with Crippen LogP contribution in [0.1, 0.15) is 0 Å². The molecule has 0 atom stereocenters. The Morgan fingerprint density at radius 3 is 2.61 bits per heavy atom. The van der Waals surface area contributed by atoms with Crippen molar-refractivity contribution in [1.82, 2.24) is 9.78 Å². The lowest BCUT2D eigenvalue weighted by atomic mass is 10.3. The topological polar surface area (TPSA) is 39.1 Å². The first kappa shape index (κ1) is 12.3. The van der Waals surface area contributed by atoms with Gasteiger partial charge in [0.25, 0.3) is 0 Å². The number of rotatable bonds is 3. The molecule has 0 fully saturated rings. The number of hydrogen-bond donors (Lipinski definition) is 1. The van der Waals surface area contributed by atoms with Crippen LogP contribution in [0.25, 0.3) is 5.69 Å². The van der Waals surface area contributed by atoms with Crippen LogP contribution < -0.4 is 10.1 Å². The lowest BCUT2D eigenvalue weighted by Gasteiger charge is -2.12. The van der Waals surface area contributed by atoms with Gasteiger partial charge in [0.05, 0.1) is 18.1 Å². The molecule has 0 amide bonds. The van der Waals surface area contributed by atoms with Crippen LogP contribution in [-0.4, -0.2) is 23.2 Å². The van der Waals surface area contributed by atoms with Crippen molar-refractivity contribution in [3.63, 3.8) is 0 Å². The number of anilines is 1. The van der Waals surface area contributed by atoms with Crippen molar-refractivity contribution in [2.24, 2.45) is 0 Å². The predicted octanol–water partition coefficient (Wildman–Crippen LogP) is 2.81. The third-order valence-electron chi connectivity index (χ3n) is 2.21. The van der Waals surface area contributed by atoms with Crippen molar-refractivity contribution in [1.29, 1.82) is 0 Å². The Morgan fingerprint density at radius 2 is 2.00 bits per heavy atom. The molecular formula is C11H10F3N3O. The highest BCUT2D eigenvalue weighted by molar-refractivity contribution is 5.49. The normalized spacial score (nSPS) is 11.3. The van der Waals surface area contributed by atoms with Gasteiger partial charge in [0, 0.05) is 7.05 Å². The molecule has 1 heterocycles. The van der Waals surface area contributed by atoms with E-state index in [1.54, 1.807) is 19.3 Å². The fraction of sp³-hybridized carbons (Fsp3) is 0.182. The molecule has 2 aromatic rings. The molecule has 0 spiro atoms. The number of halogens is 3. The second-order valence-corrected chi connectivity index (χ2v) is 3.44. The number of aromatic nitrogens is 2. The van der Waals surface area contributed by atoms with E-state index in [-0.39, 0.29) is 11.4 Å². The predicted molar refractivity (Wildman–Crippen MR) is 59.8 cm³/mol. The molecule has 0 aliphatic rings. The number of alkyl halides is 3. The van der Waals surface area contributed by atoms with Crippen LogP contribution in [0.5, 0.6) is 5.75 Å². The third-order valence-corrected chi connectivity index (χ3v) is 2.21. The summed E-state index contributed by atoms with van der Waals surface area (Å²) in [5, 5.41) is 6.79. The SMILES string of the molecule is CNc1cnn(-c2ccccc2OC(F)(F)F)c1. The Kier molecular flexibility index (Phi) is 3.14. The molecule has 7 heteroatoms. The van der Waals surface area contributed by atoms with Gasteiger partial charge in [-0.3, -0.25) is 0 Å². The zero-order valence-corrected chi connectivity index (χ0v) is 9.40. The Balaban J connectivity index is 2.38. The van der Waals surface area contributed by atoms with Crippen molar-refractivity contribution in [3.05, 3.63) is 36.7 Å². The monoisotopic (exact) mass is 257 g/mol. The molecule has 0 unspecified atom stereocenters. The zero-order valence-electron chi connectivity index (χ0n) is 9.40. The van der Waals surface area contributed by atoms with Gasteiger partial charge < -0.3 is 10.1 Å². The second kappa shape index (κ2) is 4.59. The minimum atomic E-state index is -4.73. The van der Waals surface area contributed by atoms with Crippen LogP contribution in [0, 0.1) is 0 Å². The fourth-order valence-electron chi connectivity index (χ4n) is 1.44. The van der Waals surface area contributed by atoms with Gasteiger partial charge in [-0.25, -0.2) is 4.68 Å². The lowest BCUT2D eigenvalue weighted by Crippen LogP contribution is -2.18. The lowest BCUT2D eigenvalue weighted by molar-refractivity contribution is -0.274. The van der Waals surface area contributed by atoms with Crippen LogP contribution in [-0.2, 0) is 0 Å². The zero-order chi connectivity index (χ0) is 13.2. The maximum atomic E-state index is 12.2. The number of para-hydroxylation sites is 2. The Bertz CT molecular complexity index is 536. The van der Waals surface area contributed by atoms with Crippen molar-refractivity contribution < 1.29 is 17.9 Å². The van der Waals surface area contributed by atoms with Crippen molar-refractivity contribution >= 4 is 5.69 Å². The number of nitrogens with zero attached hydrogens (tertiary/aromatic N) is 2. The highest BCUT2D eigenvalue weighted by atomic mass is 19.4. The van der Waals surface area contributed by atoms with Gasteiger partial charge in [0.1, 0.15) is 5.69 Å². The summed E-state index contributed by atoms with van der Waals surface area (Å²) >= 11 is 0. The van der Waals surface area contributed by atoms with Gasteiger partial charge in [-0.15, -0.1) is 13.2 Å². The molecule has 18 heavy (non-hydrogen) atoms. The molecule has 4 nitrogen and oxygen atoms in total. The Hall–Kier alpha value is -2.18. The van der Waals surface area contributed by atoms with Crippen LogP contribution in [0.3, 0.4) is 0 Å². The number of hydrogen-bond acceptors (Lipinski definition) is 3. The summed E-state index contributed by atoms with van der Waals surface area (Å²) < 4.78 is 42.0. The number of nitrogens with one attached hydrogen (secondary N) is 1. The summed E-state index contributed by atoms with van der Waals surface area (Å²) in [5.41, 5.74) is 0.910. The first-order valence-electron chi connectivity index (χ1n) is 5.07. The summed E-state index contributed by atoms with van der Waals surface area (Å²) in [6, 6.07) is 5.81. The standard InChI is InChI=1S/C11H10F3N3O/c1-15-8-6-16-17(7-8)9-4-2-3-5-10(9)18-11(12,13)14/h2-7,15H,1H3. The first-order chi connectivity index (χ1) is 8.49. The maximum Gasteiger partial charge on any atom is 0.573 e. The Labute approximate surface area is 101 Å². The molecule has 0 aliphatic heterocycles. The van der Waals surface area contributed by atoms with Gasteiger partial charge in [-0.2, -0.15) is 5.10 Å². The van der Waals surface area contributed by atoms with Gasteiger partial charge in [0.2, 0.25) is 0 Å². The first-order valence-corrected chi connectivity index (χ1v) is 5.07. The van der Waals surface area contributed by atoms with Crippen LogP contribution in [0.15, 0.2) is 36.7 Å². The van der Waals surface area contributed by atoms with Crippen molar-refractivity contribution in [2.75, 3.05) is 12.4 Å². The molecule has 96 valence electrons. The maximum absolute atomic E-state index is 12.2. The minimum Gasteiger partial charge on any atom is -0.403 e. The largest absolute Gasteiger partial charge is 0.573 e. The molecule has 1 aromatic carbocycles. The summed E-state index contributed by atoms with van der Waals surface area (Å²) in [5.74, 6) is -0.296. The van der Waals surface area contributed by atoms with Gasteiger partial charge >= 0.3 is 6.36 Å². The van der Waals surface area contributed by atoms with Crippen LogP contribution in [0.4, 0.5) is 18.9 Å². The number of benzene rings is 1. The molecule has 2 rings (SSSR count). The smallest absolute Gasteiger partial charge is 0.403 e. The second-order valence-electron chi connectivity index (χ2n) is 3.44. The summed E-state index contributed by atoms with van der Waals surface area (Å²) in [6.45, 7) is 0. The average Bonchev–Trinajstić information content (AvgIpc) is 2.76. The van der Waals surface area contributed by atoms with E-state index in [2.05, 4.69) is 15.2 Å². The highest BCUT2D eigenvalue weighted by Gasteiger charge is 2.32. The van der Waals surface area contributed by atoms with Gasteiger partial charge in [-0.05, 0) is 12.1 Å². The van der Waals surface area contributed by atoms with Crippen molar-refractivity contribution in [3.8, 4) is 11.4 Å². The van der Waals surface area contributed by atoms with Crippen LogP contribution >= 0.6 is 0 Å².